The maximum absolute atomic E-state index is 11.4. The van der Waals surface area contributed by atoms with Crippen LogP contribution < -0.4 is 9.31 Å². The van der Waals surface area contributed by atoms with Crippen molar-refractivity contribution in [3.05, 3.63) is 58.1 Å². The van der Waals surface area contributed by atoms with Gasteiger partial charge in [0.1, 0.15) is 17.1 Å². The number of aromatic hydroxyl groups is 1. The van der Waals surface area contributed by atoms with Crippen molar-refractivity contribution in [3.63, 3.8) is 0 Å². The summed E-state index contributed by atoms with van der Waals surface area (Å²) in [5.41, 5.74) is 2.59. The van der Waals surface area contributed by atoms with Gasteiger partial charge in [0.05, 0.1) is 13.2 Å². The first-order chi connectivity index (χ1) is 10.5. The Morgan fingerprint density at radius 1 is 1.23 bits per heavy atom. The third kappa shape index (κ3) is 2.09. The highest BCUT2D eigenvalue weighted by Crippen LogP contribution is 2.40. The highest BCUT2D eigenvalue weighted by molar-refractivity contribution is 5.98. The van der Waals surface area contributed by atoms with E-state index in [9.17, 15) is 15.2 Å². The number of ether oxygens (including phenoxy) is 1. The summed E-state index contributed by atoms with van der Waals surface area (Å²) in [5, 5.41) is 21.1. The van der Waals surface area contributed by atoms with Crippen LogP contribution in [0.25, 0.3) is 0 Å². The molecule has 22 heavy (non-hydrogen) atoms. The molecule has 6 heteroatoms. The number of methoxy groups -OCH3 is 1. The topological polar surface area (TPSA) is 75.6 Å². The van der Waals surface area contributed by atoms with E-state index in [1.54, 1.807) is 42.9 Å². The van der Waals surface area contributed by atoms with E-state index in [0.717, 1.165) is 5.69 Å². The van der Waals surface area contributed by atoms with Gasteiger partial charge in [-0.2, -0.15) is 4.58 Å². The molecule has 1 heterocycles. The van der Waals surface area contributed by atoms with Gasteiger partial charge in [-0.25, -0.2) is 0 Å². The first kappa shape index (κ1) is 14.1. The quantitative estimate of drug-likeness (QED) is 0.537. The molecule has 1 atom stereocenters. The predicted octanol–water partition coefficient (Wildman–Crippen LogP) is 3.03. The largest absolute Gasteiger partial charge is 0.508 e. The summed E-state index contributed by atoms with van der Waals surface area (Å²) in [4.78, 5) is 11.1. The minimum absolute atomic E-state index is 0.0778. The SMILES string of the molecule is COc1ccc([N+]2=C(C)C([N+](=O)[O-])c3ccc(O)cc32)cc1. The number of rotatable bonds is 3. The van der Waals surface area contributed by atoms with Crippen LogP contribution in [-0.2, 0) is 0 Å². The van der Waals surface area contributed by atoms with Gasteiger partial charge >= 0.3 is 6.04 Å². The van der Waals surface area contributed by atoms with Crippen molar-refractivity contribution in [2.75, 3.05) is 7.11 Å². The van der Waals surface area contributed by atoms with Crippen molar-refractivity contribution in [1.82, 2.24) is 4.58 Å². The number of nitrogens with zero attached hydrogens (tertiary/aromatic N) is 2. The van der Waals surface area contributed by atoms with E-state index in [1.807, 2.05) is 12.1 Å². The van der Waals surface area contributed by atoms with E-state index < -0.39 is 6.04 Å². The van der Waals surface area contributed by atoms with Gasteiger partial charge in [-0.3, -0.25) is 10.1 Å². The molecule has 2 aromatic rings. The normalized spacial score (nSPS) is 16.5. The highest BCUT2D eigenvalue weighted by Gasteiger charge is 2.45. The Bertz CT molecular complexity index is 781. The van der Waals surface area contributed by atoms with Gasteiger partial charge in [-0.05, 0) is 24.3 Å². The Balaban J connectivity index is 2.20. The zero-order chi connectivity index (χ0) is 15.9. The number of phenolic OH excluding ortho intramolecular Hbond substituents is 1. The van der Waals surface area contributed by atoms with Crippen molar-refractivity contribution in [2.24, 2.45) is 0 Å². The van der Waals surface area contributed by atoms with E-state index in [1.165, 1.54) is 6.07 Å². The van der Waals surface area contributed by atoms with Crippen LogP contribution >= 0.6 is 0 Å². The average Bonchev–Trinajstić information content (AvgIpc) is 2.78. The molecule has 6 nitrogen and oxygen atoms in total. The lowest BCUT2D eigenvalue weighted by Gasteiger charge is -2.02. The zero-order valence-corrected chi connectivity index (χ0v) is 12.2. The third-order valence-corrected chi connectivity index (χ3v) is 3.84. The molecule has 0 aromatic heterocycles. The lowest BCUT2D eigenvalue weighted by molar-refractivity contribution is -0.508. The summed E-state index contributed by atoms with van der Waals surface area (Å²) < 4.78 is 6.93. The van der Waals surface area contributed by atoms with Crippen molar-refractivity contribution in [2.45, 2.75) is 13.0 Å². The lowest BCUT2D eigenvalue weighted by Crippen LogP contribution is -2.19. The smallest absolute Gasteiger partial charge is 0.322 e. The molecule has 0 radical (unpaired) electrons. The maximum atomic E-state index is 11.4. The van der Waals surface area contributed by atoms with Gasteiger partial charge < -0.3 is 9.84 Å². The Morgan fingerprint density at radius 2 is 1.91 bits per heavy atom. The Labute approximate surface area is 127 Å². The molecule has 2 aromatic carbocycles. The van der Waals surface area contributed by atoms with Gasteiger partial charge in [0.15, 0.2) is 0 Å². The maximum Gasteiger partial charge on any atom is 0.322 e. The standard InChI is InChI=1S/C16H14N2O4/c1-10-16(18(20)21)14-8-5-12(19)9-15(14)17(10)11-3-6-13(22-2)7-4-11/h3-9,16H,1-2H3/p+1. The summed E-state index contributed by atoms with van der Waals surface area (Å²) in [7, 11) is 1.58. The first-order valence-electron chi connectivity index (χ1n) is 6.77. The molecule has 0 fully saturated rings. The molecule has 0 amide bonds. The van der Waals surface area contributed by atoms with E-state index in [-0.39, 0.29) is 10.7 Å². The fourth-order valence-electron chi connectivity index (χ4n) is 2.83. The molecule has 3 rings (SSSR count). The minimum atomic E-state index is -0.905. The fourth-order valence-corrected chi connectivity index (χ4v) is 2.83. The summed E-state index contributed by atoms with van der Waals surface area (Å²) in [6.45, 7) is 1.73. The summed E-state index contributed by atoms with van der Waals surface area (Å²) >= 11 is 0. The van der Waals surface area contributed by atoms with Gasteiger partial charge in [0.25, 0.3) is 0 Å². The summed E-state index contributed by atoms with van der Waals surface area (Å²) in [6, 6.07) is 11.0. The second kappa shape index (κ2) is 5.14. The number of fused-ring (bicyclic) bond motifs is 1. The van der Waals surface area contributed by atoms with E-state index in [0.29, 0.717) is 22.7 Å². The van der Waals surface area contributed by atoms with E-state index in [4.69, 9.17) is 4.74 Å². The number of phenols is 1. The third-order valence-electron chi connectivity index (χ3n) is 3.84. The molecule has 0 bridgehead atoms. The van der Waals surface area contributed by atoms with E-state index >= 15 is 0 Å². The van der Waals surface area contributed by atoms with Crippen LogP contribution in [0.2, 0.25) is 0 Å². The van der Waals surface area contributed by atoms with Crippen LogP contribution in [0.4, 0.5) is 11.4 Å². The van der Waals surface area contributed by atoms with Crippen LogP contribution in [0.1, 0.15) is 18.5 Å². The van der Waals surface area contributed by atoms with Crippen molar-refractivity contribution in [1.29, 1.82) is 0 Å². The Morgan fingerprint density at radius 3 is 2.50 bits per heavy atom. The van der Waals surface area contributed by atoms with Gasteiger partial charge in [-0.1, -0.05) is 0 Å². The summed E-state index contributed by atoms with van der Waals surface area (Å²) in [6.07, 6.45) is 0. The van der Waals surface area contributed by atoms with Gasteiger partial charge in [-0.15, -0.1) is 0 Å². The lowest BCUT2D eigenvalue weighted by atomic mass is 10.1. The molecule has 0 spiro atoms. The van der Waals surface area contributed by atoms with Crippen LogP contribution in [-0.4, -0.2) is 22.9 Å². The molecule has 112 valence electrons. The van der Waals surface area contributed by atoms with Crippen molar-refractivity contribution < 1.29 is 14.8 Å². The second-order valence-electron chi connectivity index (χ2n) is 5.11. The number of nitro groups is 1. The number of hydrogen-bond donors (Lipinski definition) is 1. The van der Waals surface area contributed by atoms with Crippen molar-refractivity contribution in [3.8, 4) is 11.5 Å². The zero-order valence-electron chi connectivity index (χ0n) is 12.2. The summed E-state index contributed by atoms with van der Waals surface area (Å²) in [5.74, 6) is 0.789. The number of benzene rings is 2. The van der Waals surface area contributed by atoms with Crippen LogP contribution in [0.5, 0.6) is 11.5 Å². The van der Waals surface area contributed by atoms with Gasteiger partial charge in [0.2, 0.25) is 17.1 Å². The Hall–Kier alpha value is -2.89. The molecule has 0 aliphatic carbocycles. The Kier molecular flexibility index (Phi) is 3.29. The van der Waals surface area contributed by atoms with Crippen LogP contribution in [0.3, 0.4) is 0 Å². The average molecular weight is 299 g/mol. The minimum Gasteiger partial charge on any atom is -0.508 e. The van der Waals surface area contributed by atoms with Gasteiger partial charge in [0, 0.05) is 24.0 Å². The molecule has 0 saturated heterocycles. The molecule has 1 aliphatic heterocycles. The van der Waals surface area contributed by atoms with Crippen molar-refractivity contribution >= 4 is 17.1 Å². The molecule has 1 aliphatic rings. The van der Waals surface area contributed by atoms with Crippen LogP contribution in [0, 0.1) is 10.1 Å². The predicted molar refractivity (Wildman–Crippen MR) is 83.0 cm³/mol. The number of hydrogen-bond acceptors (Lipinski definition) is 4. The van der Waals surface area contributed by atoms with Crippen LogP contribution in [0.15, 0.2) is 42.5 Å². The molecule has 1 unspecified atom stereocenters. The molecule has 0 saturated carbocycles. The molecule has 1 N–H and O–H groups in total. The monoisotopic (exact) mass is 299 g/mol. The first-order valence-corrected chi connectivity index (χ1v) is 6.77. The molecular formula is C16H15N2O4+. The second-order valence-corrected chi connectivity index (χ2v) is 5.11. The highest BCUT2D eigenvalue weighted by atomic mass is 16.6. The fraction of sp³-hybridized carbons (Fsp3) is 0.188. The van der Waals surface area contributed by atoms with E-state index in [2.05, 4.69) is 0 Å². The molecular weight excluding hydrogens is 284 g/mol.